The molecule has 1 aliphatic carbocycles. The summed E-state index contributed by atoms with van der Waals surface area (Å²) in [5.74, 6) is 0.0294. The number of ether oxygens (including phenoxy) is 1. The molecular formula is C15H28N2O3. The molecule has 0 saturated heterocycles. The molecule has 5 heteroatoms. The van der Waals surface area contributed by atoms with Gasteiger partial charge in [0.25, 0.3) is 0 Å². The normalized spacial score (nSPS) is 27.6. The van der Waals surface area contributed by atoms with Crippen LogP contribution in [0.3, 0.4) is 0 Å². The van der Waals surface area contributed by atoms with Crippen LogP contribution in [-0.2, 0) is 14.3 Å². The molecule has 2 N–H and O–H groups in total. The molecule has 2 atom stereocenters. The van der Waals surface area contributed by atoms with Crippen LogP contribution in [0.1, 0.15) is 53.4 Å². The van der Waals surface area contributed by atoms with E-state index in [4.69, 9.17) is 4.74 Å². The van der Waals surface area contributed by atoms with E-state index >= 15 is 0 Å². The molecule has 5 nitrogen and oxygen atoms in total. The summed E-state index contributed by atoms with van der Waals surface area (Å²) in [6, 6.07) is 0.143. The van der Waals surface area contributed by atoms with Crippen molar-refractivity contribution in [2.45, 2.75) is 65.0 Å². The topological polar surface area (TPSA) is 67.4 Å². The van der Waals surface area contributed by atoms with Crippen LogP contribution in [0, 0.1) is 5.41 Å². The number of hydrogen-bond donors (Lipinski definition) is 2. The first kappa shape index (κ1) is 17.0. The monoisotopic (exact) mass is 284 g/mol. The molecule has 20 heavy (non-hydrogen) atoms. The van der Waals surface area contributed by atoms with Gasteiger partial charge in [0.15, 0.2) is 0 Å². The van der Waals surface area contributed by atoms with Crippen LogP contribution >= 0.6 is 0 Å². The smallest absolute Gasteiger partial charge is 0.220 e. The predicted molar refractivity (Wildman–Crippen MR) is 78.3 cm³/mol. The van der Waals surface area contributed by atoms with E-state index in [1.807, 2.05) is 6.92 Å². The third kappa shape index (κ3) is 3.51. The molecule has 0 aliphatic heterocycles. The predicted octanol–water partition coefficient (Wildman–Crippen LogP) is 1.61. The molecule has 0 aromatic rings. The van der Waals surface area contributed by atoms with Crippen molar-refractivity contribution >= 4 is 11.8 Å². The van der Waals surface area contributed by atoms with Crippen LogP contribution in [0.5, 0.6) is 0 Å². The Morgan fingerprint density at radius 2 is 1.80 bits per heavy atom. The Morgan fingerprint density at radius 3 is 2.30 bits per heavy atom. The summed E-state index contributed by atoms with van der Waals surface area (Å²) in [5.41, 5.74) is -0.247. The van der Waals surface area contributed by atoms with Gasteiger partial charge >= 0.3 is 0 Å². The standard InChI is InChI=1S/C15H28N2O3/c1-6-16-12(18)8-7-9-13(19)17-11-10-15(4,20-5)14(11,2)3/h11H,6-10H2,1-5H3,(H,16,18)(H,17,19)/t11-,15+/m0/s1. The molecule has 0 unspecified atom stereocenters. The summed E-state index contributed by atoms with van der Waals surface area (Å²) in [4.78, 5) is 23.2. The van der Waals surface area contributed by atoms with Gasteiger partial charge in [-0.25, -0.2) is 0 Å². The lowest BCUT2D eigenvalue weighted by molar-refractivity contribution is -0.182. The third-order valence-corrected chi connectivity index (χ3v) is 4.80. The summed E-state index contributed by atoms with van der Waals surface area (Å²) >= 11 is 0. The van der Waals surface area contributed by atoms with Crippen LogP contribution in [0.15, 0.2) is 0 Å². The summed E-state index contributed by atoms with van der Waals surface area (Å²) in [6.07, 6.45) is 2.23. The van der Waals surface area contributed by atoms with E-state index in [-0.39, 0.29) is 28.9 Å². The first-order chi connectivity index (χ1) is 9.26. The maximum Gasteiger partial charge on any atom is 0.220 e. The number of amides is 2. The molecule has 0 aromatic carbocycles. The zero-order chi connectivity index (χ0) is 15.4. The quantitative estimate of drug-likeness (QED) is 0.746. The van der Waals surface area contributed by atoms with Gasteiger partial charge in [-0.1, -0.05) is 13.8 Å². The third-order valence-electron chi connectivity index (χ3n) is 4.80. The number of methoxy groups -OCH3 is 1. The van der Waals surface area contributed by atoms with E-state index in [1.165, 1.54) is 0 Å². The number of rotatable bonds is 7. The molecule has 2 amide bonds. The number of hydrogen-bond acceptors (Lipinski definition) is 3. The highest BCUT2D eigenvalue weighted by Crippen LogP contribution is 2.51. The molecule has 116 valence electrons. The lowest BCUT2D eigenvalue weighted by Gasteiger charge is -2.59. The van der Waals surface area contributed by atoms with Gasteiger partial charge < -0.3 is 15.4 Å². The lowest BCUT2D eigenvalue weighted by Crippen LogP contribution is -2.68. The lowest BCUT2D eigenvalue weighted by atomic mass is 9.56. The van der Waals surface area contributed by atoms with Crippen molar-refractivity contribution in [3.63, 3.8) is 0 Å². The number of carbonyl (C=O) groups excluding carboxylic acids is 2. The first-order valence-electron chi connectivity index (χ1n) is 7.38. The van der Waals surface area contributed by atoms with Crippen molar-refractivity contribution in [3.05, 3.63) is 0 Å². The summed E-state index contributed by atoms with van der Waals surface area (Å²) in [6.45, 7) is 8.82. The molecule has 0 heterocycles. The highest BCUT2D eigenvalue weighted by molar-refractivity contribution is 5.79. The summed E-state index contributed by atoms with van der Waals surface area (Å²) < 4.78 is 5.54. The minimum atomic E-state index is -0.175. The average Bonchev–Trinajstić information content (AvgIpc) is 2.38. The van der Waals surface area contributed by atoms with Crippen molar-refractivity contribution in [1.82, 2.24) is 10.6 Å². The summed E-state index contributed by atoms with van der Waals surface area (Å²) in [7, 11) is 1.71. The highest BCUT2D eigenvalue weighted by atomic mass is 16.5. The van der Waals surface area contributed by atoms with Gasteiger partial charge in [0.2, 0.25) is 11.8 Å². The van der Waals surface area contributed by atoms with Crippen molar-refractivity contribution in [1.29, 1.82) is 0 Å². The molecule has 1 rings (SSSR count). The van der Waals surface area contributed by atoms with Gasteiger partial charge in [-0.15, -0.1) is 0 Å². The van der Waals surface area contributed by atoms with Crippen molar-refractivity contribution < 1.29 is 14.3 Å². The molecule has 0 aromatic heterocycles. The molecule has 0 radical (unpaired) electrons. The van der Waals surface area contributed by atoms with Gasteiger partial charge in [-0.05, 0) is 26.7 Å². The maximum absolute atomic E-state index is 11.9. The zero-order valence-corrected chi connectivity index (χ0v) is 13.3. The van der Waals surface area contributed by atoms with Crippen molar-refractivity contribution in [3.8, 4) is 0 Å². The van der Waals surface area contributed by atoms with E-state index in [0.29, 0.717) is 25.8 Å². The molecule has 0 spiro atoms. The minimum absolute atomic E-state index is 0.0104. The van der Waals surface area contributed by atoms with E-state index in [2.05, 4.69) is 31.4 Å². The Hall–Kier alpha value is -1.10. The van der Waals surface area contributed by atoms with Crippen molar-refractivity contribution in [2.24, 2.45) is 5.41 Å². The first-order valence-corrected chi connectivity index (χ1v) is 7.38. The minimum Gasteiger partial charge on any atom is -0.378 e. The second-order valence-electron chi connectivity index (χ2n) is 6.29. The Bertz CT molecular complexity index is 368. The molecule has 1 saturated carbocycles. The van der Waals surface area contributed by atoms with Gasteiger partial charge in [0, 0.05) is 38.0 Å². The molecule has 0 bridgehead atoms. The maximum atomic E-state index is 11.9. The van der Waals surface area contributed by atoms with Gasteiger partial charge in [-0.3, -0.25) is 9.59 Å². The fraction of sp³-hybridized carbons (Fsp3) is 0.867. The largest absolute Gasteiger partial charge is 0.378 e. The second-order valence-corrected chi connectivity index (χ2v) is 6.29. The van der Waals surface area contributed by atoms with E-state index in [9.17, 15) is 9.59 Å². The average molecular weight is 284 g/mol. The number of carbonyl (C=O) groups is 2. The fourth-order valence-corrected chi connectivity index (χ4v) is 2.68. The van der Waals surface area contributed by atoms with E-state index in [1.54, 1.807) is 7.11 Å². The van der Waals surface area contributed by atoms with Gasteiger partial charge in [0.1, 0.15) is 0 Å². The van der Waals surface area contributed by atoms with Crippen molar-refractivity contribution in [2.75, 3.05) is 13.7 Å². The summed E-state index contributed by atoms with van der Waals surface area (Å²) in [5, 5.41) is 5.78. The fourth-order valence-electron chi connectivity index (χ4n) is 2.68. The Kier molecular flexibility index (Phi) is 5.57. The Labute approximate surface area is 121 Å². The molecular weight excluding hydrogens is 256 g/mol. The van der Waals surface area contributed by atoms with Crippen LogP contribution in [0.4, 0.5) is 0 Å². The SMILES string of the molecule is CCNC(=O)CCCC(=O)N[C@H]1C[C@@](C)(OC)C1(C)C. The number of nitrogens with one attached hydrogen (secondary N) is 2. The van der Waals surface area contributed by atoms with Gasteiger partial charge in [0.05, 0.1) is 5.60 Å². The van der Waals surface area contributed by atoms with Crippen LogP contribution in [0.2, 0.25) is 0 Å². The molecule has 1 aliphatic rings. The Balaban J connectivity index is 2.29. The van der Waals surface area contributed by atoms with E-state index in [0.717, 1.165) is 6.42 Å². The van der Waals surface area contributed by atoms with Crippen LogP contribution in [-0.4, -0.2) is 37.1 Å². The zero-order valence-electron chi connectivity index (χ0n) is 13.3. The highest BCUT2D eigenvalue weighted by Gasteiger charge is 2.58. The van der Waals surface area contributed by atoms with Gasteiger partial charge in [-0.2, -0.15) is 0 Å². The van der Waals surface area contributed by atoms with Crippen LogP contribution < -0.4 is 10.6 Å². The van der Waals surface area contributed by atoms with E-state index < -0.39 is 0 Å². The molecule has 1 fully saturated rings. The van der Waals surface area contributed by atoms with Crippen LogP contribution in [0.25, 0.3) is 0 Å². The Morgan fingerprint density at radius 1 is 1.20 bits per heavy atom. The second kappa shape index (κ2) is 6.57.